The number of carbonyl (C=O) groups is 1. The van der Waals surface area contributed by atoms with E-state index in [1.54, 1.807) is 18.2 Å². The van der Waals surface area contributed by atoms with E-state index in [1.165, 1.54) is 6.07 Å². The summed E-state index contributed by atoms with van der Waals surface area (Å²) in [6.45, 7) is 0. The molecule has 0 atom stereocenters. The standard InChI is InChI=1S/C17H15N3O2/c1-20-14(11-13-7-10-16(21)19-18-13)8-9-15(20)17(22)12-5-3-2-4-6-12/h2-10H,11H2,1H3,(H,19,21). The van der Waals surface area contributed by atoms with Gasteiger partial charge in [-0.25, -0.2) is 5.10 Å². The minimum Gasteiger partial charge on any atom is -0.345 e. The summed E-state index contributed by atoms with van der Waals surface area (Å²) in [6.07, 6.45) is 0.551. The van der Waals surface area contributed by atoms with Crippen LogP contribution in [0.25, 0.3) is 0 Å². The van der Waals surface area contributed by atoms with Gasteiger partial charge in [-0.15, -0.1) is 0 Å². The first-order valence-corrected chi connectivity index (χ1v) is 6.94. The molecule has 0 aliphatic heterocycles. The number of carbonyl (C=O) groups excluding carboxylic acids is 1. The van der Waals surface area contributed by atoms with Crippen LogP contribution < -0.4 is 5.56 Å². The maximum Gasteiger partial charge on any atom is 0.264 e. The van der Waals surface area contributed by atoms with Gasteiger partial charge in [-0.05, 0) is 18.2 Å². The average molecular weight is 293 g/mol. The lowest BCUT2D eigenvalue weighted by molar-refractivity contribution is 0.103. The number of benzene rings is 1. The third-order valence-electron chi connectivity index (χ3n) is 3.59. The summed E-state index contributed by atoms with van der Waals surface area (Å²) < 4.78 is 1.86. The van der Waals surface area contributed by atoms with E-state index in [0.29, 0.717) is 17.7 Å². The summed E-state index contributed by atoms with van der Waals surface area (Å²) in [6, 6.07) is 16.0. The molecule has 0 aliphatic rings. The van der Waals surface area contributed by atoms with Gasteiger partial charge in [0.1, 0.15) is 0 Å². The van der Waals surface area contributed by atoms with Gasteiger partial charge in [0.15, 0.2) is 0 Å². The normalized spacial score (nSPS) is 10.6. The highest BCUT2D eigenvalue weighted by atomic mass is 16.1. The van der Waals surface area contributed by atoms with E-state index in [0.717, 1.165) is 11.4 Å². The summed E-state index contributed by atoms with van der Waals surface area (Å²) in [4.78, 5) is 23.5. The van der Waals surface area contributed by atoms with Crippen LogP contribution >= 0.6 is 0 Å². The Balaban J connectivity index is 1.87. The third-order valence-corrected chi connectivity index (χ3v) is 3.59. The highest BCUT2D eigenvalue weighted by molar-refractivity contribution is 6.08. The van der Waals surface area contributed by atoms with Gasteiger partial charge in [0.05, 0.1) is 11.4 Å². The number of aromatic amines is 1. The predicted molar refractivity (Wildman–Crippen MR) is 83.0 cm³/mol. The Morgan fingerprint density at radius 3 is 2.55 bits per heavy atom. The van der Waals surface area contributed by atoms with Gasteiger partial charge in [-0.1, -0.05) is 30.3 Å². The minimum atomic E-state index is -0.226. The van der Waals surface area contributed by atoms with Crippen LogP contribution in [0, 0.1) is 0 Å². The molecule has 0 fully saturated rings. The molecule has 0 aliphatic carbocycles. The summed E-state index contributed by atoms with van der Waals surface area (Å²) in [5.41, 5.74) is 2.77. The molecule has 0 saturated heterocycles. The second-order valence-electron chi connectivity index (χ2n) is 5.05. The molecule has 0 amide bonds. The topological polar surface area (TPSA) is 67.8 Å². The molecule has 2 heterocycles. The molecular weight excluding hydrogens is 278 g/mol. The number of nitrogens with one attached hydrogen (secondary N) is 1. The van der Waals surface area contributed by atoms with Gasteiger partial charge in [-0.2, -0.15) is 5.10 Å². The Morgan fingerprint density at radius 2 is 1.86 bits per heavy atom. The Morgan fingerprint density at radius 1 is 1.09 bits per heavy atom. The molecule has 5 heteroatoms. The predicted octanol–water partition coefficient (Wildman–Crippen LogP) is 1.93. The second-order valence-corrected chi connectivity index (χ2v) is 5.05. The number of nitrogens with zero attached hydrogens (tertiary/aromatic N) is 2. The van der Waals surface area contributed by atoms with Crippen molar-refractivity contribution < 1.29 is 4.79 Å². The van der Waals surface area contributed by atoms with E-state index >= 15 is 0 Å². The number of hydrogen-bond acceptors (Lipinski definition) is 3. The largest absolute Gasteiger partial charge is 0.345 e. The molecule has 110 valence electrons. The monoisotopic (exact) mass is 293 g/mol. The quantitative estimate of drug-likeness (QED) is 0.747. The molecule has 0 saturated carbocycles. The SMILES string of the molecule is Cn1c(Cc2ccc(=O)[nH]n2)ccc1C(=O)c1ccccc1. The van der Waals surface area contributed by atoms with E-state index in [4.69, 9.17) is 0 Å². The number of rotatable bonds is 4. The molecule has 2 aromatic heterocycles. The van der Waals surface area contributed by atoms with Gasteiger partial charge in [-0.3, -0.25) is 9.59 Å². The Labute approximate surface area is 127 Å². The van der Waals surface area contributed by atoms with Crippen molar-refractivity contribution in [3.05, 3.63) is 87.6 Å². The van der Waals surface area contributed by atoms with Gasteiger partial charge in [0, 0.05) is 30.8 Å². The number of hydrogen-bond donors (Lipinski definition) is 1. The molecule has 1 aromatic carbocycles. The fourth-order valence-electron chi connectivity index (χ4n) is 2.35. The maximum absolute atomic E-state index is 12.5. The van der Waals surface area contributed by atoms with Gasteiger partial charge < -0.3 is 4.57 Å². The molecule has 1 N–H and O–H groups in total. The zero-order valence-electron chi connectivity index (χ0n) is 12.1. The van der Waals surface area contributed by atoms with Crippen molar-refractivity contribution in [2.75, 3.05) is 0 Å². The van der Waals surface area contributed by atoms with Crippen LogP contribution in [-0.2, 0) is 13.5 Å². The zero-order chi connectivity index (χ0) is 15.5. The lowest BCUT2D eigenvalue weighted by atomic mass is 10.1. The van der Waals surface area contributed by atoms with Crippen molar-refractivity contribution in [3.8, 4) is 0 Å². The first kappa shape index (κ1) is 14.0. The Bertz CT molecular complexity index is 843. The number of ketones is 1. The van der Waals surface area contributed by atoms with Crippen LogP contribution in [0.5, 0.6) is 0 Å². The van der Waals surface area contributed by atoms with Gasteiger partial charge >= 0.3 is 0 Å². The highest BCUT2D eigenvalue weighted by Gasteiger charge is 2.14. The van der Waals surface area contributed by atoms with Crippen molar-refractivity contribution in [3.63, 3.8) is 0 Å². The molecule has 0 spiro atoms. The van der Waals surface area contributed by atoms with Crippen LogP contribution in [0.1, 0.15) is 27.4 Å². The van der Waals surface area contributed by atoms with Crippen LogP contribution in [0.3, 0.4) is 0 Å². The van der Waals surface area contributed by atoms with Crippen molar-refractivity contribution in [2.45, 2.75) is 6.42 Å². The fraction of sp³-hybridized carbons (Fsp3) is 0.118. The lowest BCUT2D eigenvalue weighted by Crippen LogP contribution is -2.11. The van der Waals surface area contributed by atoms with Crippen LogP contribution in [0.2, 0.25) is 0 Å². The van der Waals surface area contributed by atoms with E-state index in [1.807, 2.05) is 41.9 Å². The summed E-state index contributed by atoms with van der Waals surface area (Å²) in [7, 11) is 1.86. The van der Waals surface area contributed by atoms with Crippen molar-refractivity contribution >= 4 is 5.78 Å². The molecule has 0 radical (unpaired) electrons. The van der Waals surface area contributed by atoms with Crippen molar-refractivity contribution in [2.24, 2.45) is 7.05 Å². The highest BCUT2D eigenvalue weighted by Crippen LogP contribution is 2.15. The lowest BCUT2D eigenvalue weighted by Gasteiger charge is -2.07. The molecule has 3 aromatic rings. The molecule has 0 bridgehead atoms. The van der Waals surface area contributed by atoms with E-state index in [-0.39, 0.29) is 11.3 Å². The molecule has 22 heavy (non-hydrogen) atoms. The van der Waals surface area contributed by atoms with Crippen LogP contribution in [0.15, 0.2) is 59.4 Å². The second kappa shape index (κ2) is 5.81. The summed E-state index contributed by atoms with van der Waals surface area (Å²) in [5.74, 6) is -0.0104. The maximum atomic E-state index is 12.5. The number of H-pyrrole nitrogens is 1. The first-order valence-electron chi connectivity index (χ1n) is 6.94. The average Bonchev–Trinajstić information content (AvgIpc) is 2.91. The van der Waals surface area contributed by atoms with E-state index < -0.39 is 0 Å². The van der Waals surface area contributed by atoms with Crippen LogP contribution in [0.4, 0.5) is 0 Å². The minimum absolute atomic E-state index is 0.0104. The Hall–Kier alpha value is -2.95. The zero-order valence-corrected chi connectivity index (χ0v) is 12.1. The number of aromatic nitrogens is 3. The van der Waals surface area contributed by atoms with Crippen molar-refractivity contribution in [1.82, 2.24) is 14.8 Å². The Kier molecular flexibility index (Phi) is 3.70. The van der Waals surface area contributed by atoms with Crippen molar-refractivity contribution in [1.29, 1.82) is 0 Å². The van der Waals surface area contributed by atoms with Gasteiger partial charge in [0.2, 0.25) is 5.78 Å². The summed E-state index contributed by atoms with van der Waals surface area (Å²) in [5, 5.41) is 6.40. The van der Waals surface area contributed by atoms with Gasteiger partial charge in [0.25, 0.3) is 5.56 Å². The molecule has 3 rings (SSSR count). The smallest absolute Gasteiger partial charge is 0.264 e. The molecule has 0 unspecified atom stereocenters. The fourth-order valence-corrected chi connectivity index (χ4v) is 2.35. The van der Waals surface area contributed by atoms with Crippen LogP contribution in [-0.4, -0.2) is 20.5 Å². The summed E-state index contributed by atoms with van der Waals surface area (Å²) >= 11 is 0. The third kappa shape index (κ3) is 2.74. The van der Waals surface area contributed by atoms with E-state index in [2.05, 4.69) is 10.2 Å². The first-order chi connectivity index (χ1) is 10.6. The molecular formula is C17H15N3O2. The molecule has 5 nitrogen and oxygen atoms in total. The van der Waals surface area contributed by atoms with E-state index in [9.17, 15) is 9.59 Å².